The second-order valence-corrected chi connectivity index (χ2v) is 4.52. The van der Waals surface area contributed by atoms with Gasteiger partial charge in [0.1, 0.15) is 11.5 Å². The van der Waals surface area contributed by atoms with Crippen LogP contribution in [0.3, 0.4) is 0 Å². The van der Waals surface area contributed by atoms with Gasteiger partial charge in [0.15, 0.2) is 0 Å². The van der Waals surface area contributed by atoms with Gasteiger partial charge >= 0.3 is 0 Å². The quantitative estimate of drug-likeness (QED) is 0.786. The Hall–Kier alpha value is -1.98. The minimum absolute atomic E-state index is 0.489. The van der Waals surface area contributed by atoms with E-state index in [2.05, 4.69) is 6.07 Å². The maximum absolute atomic E-state index is 8.89. The van der Waals surface area contributed by atoms with Crippen molar-refractivity contribution in [3.05, 3.63) is 58.1 Å². The smallest absolute Gasteiger partial charge is 0.130 e. The van der Waals surface area contributed by atoms with Crippen molar-refractivity contribution in [2.24, 2.45) is 0 Å². The molecule has 0 N–H and O–H groups in total. The van der Waals surface area contributed by atoms with Gasteiger partial charge in [-0.15, -0.1) is 0 Å². The van der Waals surface area contributed by atoms with Gasteiger partial charge < -0.3 is 4.74 Å². The molecule has 0 aromatic heterocycles. The molecule has 2 aromatic rings. The zero-order valence-corrected chi connectivity index (χ0v) is 11.0. The highest BCUT2D eigenvalue weighted by Gasteiger charge is 2.05. The third-order valence-corrected chi connectivity index (χ3v) is 3.00. The molecular weight excluding hydrogens is 246 g/mol. The van der Waals surface area contributed by atoms with Crippen molar-refractivity contribution < 1.29 is 4.74 Å². The van der Waals surface area contributed by atoms with Gasteiger partial charge in [0.2, 0.25) is 0 Å². The summed E-state index contributed by atoms with van der Waals surface area (Å²) in [5, 5.41) is 9.38. The molecule has 0 saturated carbocycles. The fraction of sp³-hybridized carbons (Fsp3) is 0.133. The topological polar surface area (TPSA) is 33.0 Å². The molecule has 90 valence electrons. The van der Waals surface area contributed by atoms with E-state index in [1.807, 2.05) is 32.0 Å². The summed E-state index contributed by atoms with van der Waals surface area (Å²) < 4.78 is 5.78. The van der Waals surface area contributed by atoms with Crippen LogP contribution in [-0.4, -0.2) is 0 Å². The van der Waals surface area contributed by atoms with E-state index in [0.717, 1.165) is 16.9 Å². The number of ether oxygens (including phenoxy) is 1. The van der Waals surface area contributed by atoms with Crippen LogP contribution in [0.4, 0.5) is 0 Å². The Morgan fingerprint density at radius 2 is 1.94 bits per heavy atom. The van der Waals surface area contributed by atoms with Crippen molar-refractivity contribution in [2.45, 2.75) is 13.8 Å². The predicted octanol–water partition coefficient (Wildman–Crippen LogP) is 4.62. The first kappa shape index (κ1) is 12.5. The van der Waals surface area contributed by atoms with E-state index in [9.17, 15) is 0 Å². The average Bonchev–Trinajstić information content (AvgIpc) is 2.34. The van der Waals surface area contributed by atoms with Crippen LogP contribution in [0.5, 0.6) is 11.5 Å². The minimum atomic E-state index is 0.489. The van der Waals surface area contributed by atoms with E-state index >= 15 is 0 Å². The van der Waals surface area contributed by atoms with E-state index < -0.39 is 0 Å². The summed E-state index contributed by atoms with van der Waals surface area (Å²) in [5.74, 6) is 1.36. The summed E-state index contributed by atoms with van der Waals surface area (Å²) in [4.78, 5) is 0. The molecule has 3 heteroatoms. The van der Waals surface area contributed by atoms with Gasteiger partial charge in [0.25, 0.3) is 0 Å². The summed E-state index contributed by atoms with van der Waals surface area (Å²) in [7, 11) is 0. The van der Waals surface area contributed by atoms with Crippen LogP contribution in [0.2, 0.25) is 5.02 Å². The Morgan fingerprint density at radius 1 is 1.17 bits per heavy atom. The Morgan fingerprint density at radius 3 is 2.67 bits per heavy atom. The molecule has 0 bridgehead atoms. The van der Waals surface area contributed by atoms with Crippen molar-refractivity contribution in [3.8, 4) is 17.6 Å². The molecule has 0 saturated heterocycles. The summed E-state index contributed by atoms with van der Waals surface area (Å²) >= 11 is 5.93. The lowest BCUT2D eigenvalue weighted by atomic mass is 10.1. The molecule has 0 amide bonds. The number of rotatable bonds is 2. The molecule has 0 aliphatic carbocycles. The van der Waals surface area contributed by atoms with Crippen molar-refractivity contribution >= 4 is 11.6 Å². The molecule has 2 rings (SSSR count). The molecule has 0 spiro atoms. The molecule has 0 atom stereocenters. The van der Waals surface area contributed by atoms with E-state index in [4.69, 9.17) is 21.6 Å². The highest BCUT2D eigenvalue weighted by Crippen LogP contribution is 2.29. The van der Waals surface area contributed by atoms with Gasteiger partial charge in [0.05, 0.1) is 11.6 Å². The van der Waals surface area contributed by atoms with Gasteiger partial charge in [-0.25, -0.2) is 0 Å². The van der Waals surface area contributed by atoms with Gasteiger partial charge in [-0.3, -0.25) is 0 Å². The molecule has 0 radical (unpaired) electrons. The van der Waals surface area contributed by atoms with Gasteiger partial charge in [-0.2, -0.15) is 5.26 Å². The standard InChI is InChI=1S/C15H12ClNO/c1-10-4-3-5-15(11(10)2)18-14-7-12(9-17)6-13(16)8-14/h3-8H,1-2H3. The summed E-state index contributed by atoms with van der Waals surface area (Å²) in [6.07, 6.45) is 0. The van der Waals surface area contributed by atoms with Gasteiger partial charge in [-0.1, -0.05) is 23.7 Å². The maximum atomic E-state index is 8.89. The number of nitriles is 1. The fourth-order valence-electron chi connectivity index (χ4n) is 1.65. The van der Waals surface area contributed by atoms with Crippen LogP contribution >= 0.6 is 11.6 Å². The molecule has 18 heavy (non-hydrogen) atoms. The number of halogens is 1. The lowest BCUT2D eigenvalue weighted by molar-refractivity contribution is 0.478. The predicted molar refractivity (Wildman–Crippen MR) is 72.2 cm³/mol. The first-order valence-electron chi connectivity index (χ1n) is 5.55. The molecule has 0 aliphatic rings. The summed E-state index contributed by atoms with van der Waals surface area (Å²) in [6.45, 7) is 4.03. The van der Waals surface area contributed by atoms with Crippen LogP contribution < -0.4 is 4.74 Å². The molecular formula is C15H12ClNO. The largest absolute Gasteiger partial charge is 0.457 e. The van der Waals surface area contributed by atoms with Crippen molar-refractivity contribution in [1.82, 2.24) is 0 Å². The molecule has 0 fully saturated rings. The Balaban J connectivity index is 2.37. The third-order valence-electron chi connectivity index (χ3n) is 2.78. The van der Waals surface area contributed by atoms with Crippen LogP contribution in [0, 0.1) is 25.2 Å². The molecule has 0 heterocycles. The second-order valence-electron chi connectivity index (χ2n) is 4.09. The molecule has 2 nitrogen and oxygen atoms in total. The number of benzene rings is 2. The number of hydrogen-bond donors (Lipinski definition) is 0. The van der Waals surface area contributed by atoms with Crippen molar-refractivity contribution in [1.29, 1.82) is 5.26 Å². The Labute approximate surface area is 111 Å². The van der Waals surface area contributed by atoms with Crippen molar-refractivity contribution in [3.63, 3.8) is 0 Å². The van der Waals surface area contributed by atoms with E-state index in [0.29, 0.717) is 16.3 Å². The summed E-state index contributed by atoms with van der Waals surface area (Å²) in [6, 6.07) is 12.9. The van der Waals surface area contributed by atoms with E-state index in [-0.39, 0.29) is 0 Å². The number of aryl methyl sites for hydroxylation is 1. The first-order valence-corrected chi connectivity index (χ1v) is 5.92. The monoisotopic (exact) mass is 257 g/mol. The average molecular weight is 258 g/mol. The van der Waals surface area contributed by atoms with Gasteiger partial charge in [0, 0.05) is 5.02 Å². The Kier molecular flexibility index (Phi) is 3.55. The van der Waals surface area contributed by atoms with Crippen LogP contribution in [-0.2, 0) is 0 Å². The number of hydrogen-bond acceptors (Lipinski definition) is 2. The zero-order valence-electron chi connectivity index (χ0n) is 10.2. The van der Waals surface area contributed by atoms with Crippen LogP contribution in [0.25, 0.3) is 0 Å². The molecule has 0 aliphatic heterocycles. The summed E-state index contributed by atoms with van der Waals surface area (Å²) in [5.41, 5.74) is 2.73. The number of nitrogens with zero attached hydrogens (tertiary/aromatic N) is 1. The lowest BCUT2D eigenvalue weighted by Crippen LogP contribution is -1.90. The van der Waals surface area contributed by atoms with Gasteiger partial charge in [-0.05, 0) is 49.2 Å². The molecule has 0 unspecified atom stereocenters. The van der Waals surface area contributed by atoms with Crippen LogP contribution in [0.1, 0.15) is 16.7 Å². The first-order chi connectivity index (χ1) is 8.60. The van der Waals surface area contributed by atoms with E-state index in [1.165, 1.54) is 0 Å². The molecule has 2 aromatic carbocycles. The highest BCUT2D eigenvalue weighted by molar-refractivity contribution is 6.30. The zero-order chi connectivity index (χ0) is 13.1. The SMILES string of the molecule is Cc1cccc(Oc2cc(Cl)cc(C#N)c2)c1C. The maximum Gasteiger partial charge on any atom is 0.130 e. The van der Waals surface area contributed by atoms with E-state index in [1.54, 1.807) is 18.2 Å². The lowest BCUT2D eigenvalue weighted by Gasteiger charge is -2.10. The third kappa shape index (κ3) is 2.64. The van der Waals surface area contributed by atoms with Crippen molar-refractivity contribution in [2.75, 3.05) is 0 Å². The fourth-order valence-corrected chi connectivity index (χ4v) is 1.87. The minimum Gasteiger partial charge on any atom is -0.457 e. The van der Waals surface area contributed by atoms with Crippen LogP contribution in [0.15, 0.2) is 36.4 Å². The Bertz CT molecular complexity index is 629. The normalized spacial score (nSPS) is 9.89. The highest BCUT2D eigenvalue weighted by atomic mass is 35.5. The second kappa shape index (κ2) is 5.12.